The monoisotopic (exact) mass is 812 g/mol. The van der Waals surface area contributed by atoms with Gasteiger partial charge in [-0.3, -0.25) is 0 Å². The lowest BCUT2D eigenvalue weighted by Crippen LogP contribution is -2.14. The lowest BCUT2D eigenvalue weighted by atomic mass is 9.79. The van der Waals surface area contributed by atoms with E-state index in [2.05, 4.69) is 222 Å². The zero-order valence-electron chi connectivity index (χ0n) is 36.5. The van der Waals surface area contributed by atoms with E-state index in [0.717, 1.165) is 0 Å². The molecule has 12 aromatic carbocycles. The van der Waals surface area contributed by atoms with Crippen molar-refractivity contribution in [1.82, 2.24) is 0 Å². The second kappa shape index (κ2) is 12.6. The summed E-state index contributed by atoms with van der Waals surface area (Å²) in [6, 6.07) is 74.2. The molecule has 0 bridgehead atoms. The summed E-state index contributed by atoms with van der Waals surface area (Å²) in [4.78, 5) is 0. The van der Waals surface area contributed by atoms with Crippen molar-refractivity contribution in [3.8, 4) is 55.6 Å². The van der Waals surface area contributed by atoms with Gasteiger partial charge in [-0.15, -0.1) is 0 Å². The topological polar surface area (TPSA) is 0 Å². The van der Waals surface area contributed by atoms with Gasteiger partial charge in [0.2, 0.25) is 0 Å². The molecule has 0 radical (unpaired) electrons. The molecule has 0 saturated heterocycles. The molecule has 0 atom stereocenters. The molecule has 0 saturated carbocycles. The Kier molecular flexibility index (Phi) is 7.06. The average Bonchev–Trinajstić information content (AvgIpc) is 3.71. The van der Waals surface area contributed by atoms with Crippen LogP contribution in [0.2, 0.25) is 0 Å². The molecule has 12 aromatic rings. The molecule has 300 valence electrons. The van der Waals surface area contributed by atoms with Crippen LogP contribution >= 0.6 is 0 Å². The van der Waals surface area contributed by atoms with Crippen molar-refractivity contribution >= 4 is 64.6 Å². The van der Waals surface area contributed by atoms with Gasteiger partial charge in [-0.05, 0) is 161 Å². The number of benzene rings is 12. The Morgan fingerprint density at radius 1 is 0.250 bits per heavy atom. The average molecular weight is 813 g/mol. The maximum atomic E-state index is 2.51. The minimum Gasteiger partial charge on any atom is -0.0619 e. The summed E-state index contributed by atoms with van der Waals surface area (Å²) in [6.07, 6.45) is 0. The molecular formula is C64H44. The summed E-state index contributed by atoms with van der Waals surface area (Å²) in [5.41, 5.74) is 18.4. The molecular weight excluding hydrogens is 769 g/mol. The Morgan fingerprint density at radius 3 is 1.34 bits per heavy atom. The molecule has 64 heavy (non-hydrogen) atoms. The maximum Gasteiger partial charge on any atom is 0.0159 e. The first-order chi connectivity index (χ1) is 31.3. The molecule has 0 heteroatoms. The number of hydrogen-bond donors (Lipinski definition) is 0. The van der Waals surface area contributed by atoms with Gasteiger partial charge in [0.15, 0.2) is 0 Å². The summed E-state index contributed by atoms with van der Waals surface area (Å²) in [7, 11) is 0. The largest absolute Gasteiger partial charge is 0.0619 e. The summed E-state index contributed by atoms with van der Waals surface area (Å²) >= 11 is 0. The van der Waals surface area contributed by atoms with Crippen LogP contribution in [0.4, 0.5) is 0 Å². The summed E-state index contributed by atoms with van der Waals surface area (Å²) in [5.74, 6) is 0. The van der Waals surface area contributed by atoms with Crippen LogP contribution in [0.3, 0.4) is 0 Å². The number of rotatable bonds is 3. The van der Waals surface area contributed by atoms with Crippen molar-refractivity contribution < 1.29 is 0 Å². The summed E-state index contributed by atoms with van der Waals surface area (Å²) < 4.78 is 0. The molecule has 0 unspecified atom stereocenters. The first-order valence-corrected chi connectivity index (χ1v) is 22.8. The van der Waals surface area contributed by atoms with Crippen LogP contribution in [0.15, 0.2) is 194 Å². The van der Waals surface area contributed by atoms with Gasteiger partial charge in [-0.25, -0.2) is 0 Å². The second-order valence-corrected chi connectivity index (χ2v) is 19.5. The van der Waals surface area contributed by atoms with Crippen LogP contribution in [0, 0.1) is 0 Å². The highest BCUT2D eigenvalue weighted by atomic mass is 14.4. The number of hydrogen-bond acceptors (Lipinski definition) is 0. The molecule has 0 amide bonds. The van der Waals surface area contributed by atoms with E-state index >= 15 is 0 Å². The molecule has 0 nitrogen and oxygen atoms in total. The third kappa shape index (κ3) is 4.62. The lowest BCUT2D eigenvalue weighted by Gasteiger charge is -2.24. The Bertz CT molecular complexity index is 3950. The zero-order valence-corrected chi connectivity index (χ0v) is 36.5. The first kappa shape index (κ1) is 36.0. The molecule has 2 aliphatic carbocycles. The van der Waals surface area contributed by atoms with Gasteiger partial charge in [-0.2, -0.15) is 0 Å². The van der Waals surface area contributed by atoms with E-state index < -0.39 is 0 Å². The minimum absolute atomic E-state index is 0.0806. The maximum absolute atomic E-state index is 2.51. The molecule has 0 aromatic heterocycles. The van der Waals surface area contributed by atoms with Crippen LogP contribution in [-0.2, 0) is 10.8 Å². The van der Waals surface area contributed by atoms with Crippen molar-refractivity contribution in [2.24, 2.45) is 0 Å². The van der Waals surface area contributed by atoms with Crippen molar-refractivity contribution in [2.75, 3.05) is 0 Å². The fourth-order valence-corrected chi connectivity index (χ4v) is 12.6. The van der Waals surface area contributed by atoms with Gasteiger partial charge in [0.05, 0.1) is 0 Å². The van der Waals surface area contributed by atoms with Gasteiger partial charge >= 0.3 is 0 Å². The minimum atomic E-state index is -0.111. The number of fused-ring (bicyclic) bond motifs is 10. The van der Waals surface area contributed by atoms with E-state index in [9.17, 15) is 0 Å². The molecule has 0 heterocycles. The Balaban J connectivity index is 1.08. The van der Waals surface area contributed by atoms with Crippen molar-refractivity contribution in [1.29, 1.82) is 0 Å². The van der Waals surface area contributed by atoms with Crippen LogP contribution < -0.4 is 0 Å². The third-order valence-electron chi connectivity index (χ3n) is 15.6. The summed E-state index contributed by atoms with van der Waals surface area (Å²) in [6.45, 7) is 9.54. The standard InChI is InChI=1S/C64H44/c1-63(2)55-24-9-7-16-41(55)43-29-26-39(35-57(43)63)38-27-31-53-54(34-38)60(40-28-30-44-42-17-8-10-25-56(42)64(3,4)58(44)36-40)45-18-5-6-19-48(45)62(53)52-33-32-51-47-21-12-15-37-14-11-20-46(59(37)47)49-22-13-23-50(52)61(49)51/h5-36H,1-4H3. The van der Waals surface area contributed by atoms with E-state index in [4.69, 9.17) is 0 Å². The van der Waals surface area contributed by atoms with Crippen LogP contribution in [0.5, 0.6) is 0 Å². The van der Waals surface area contributed by atoms with Crippen LogP contribution in [0.25, 0.3) is 120 Å². The highest BCUT2D eigenvalue weighted by molar-refractivity contribution is 6.35. The van der Waals surface area contributed by atoms with E-state index in [1.165, 1.54) is 143 Å². The summed E-state index contributed by atoms with van der Waals surface area (Å²) in [5, 5.41) is 15.6. The van der Waals surface area contributed by atoms with Crippen LogP contribution in [0.1, 0.15) is 49.9 Å². The predicted molar refractivity (Wildman–Crippen MR) is 274 cm³/mol. The quantitative estimate of drug-likeness (QED) is 0.123. The Hall–Kier alpha value is -7.54. The lowest BCUT2D eigenvalue weighted by molar-refractivity contribution is 0.660. The molecule has 2 aliphatic rings. The zero-order chi connectivity index (χ0) is 42.6. The molecule has 0 N–H and O–H groups in total. The highest BCUT2D eigenvalue weighted by Gasteiger charge is 2.37. The van der Waals surface area contributed by atoms with Crippen molar-refractivity contribution in [3.05, 3.63) is 216 Å². The third-order valence-corrected chi connectivity index (χ3v) is 15.6. The Morgan fingerprint density at radius 2 is 0.672 bits per heavy atom. The van der Waals surface area contributed by atoms with E-state index in [1.807, 2.05) is 0 Å². The van der Waals surface area contributed by atoms with Gasteiger partial charge in [0.25, 0.3) is 0 Å². The molecule has 14 rings (SSSR count). The SMILES string of the molecule is CC1(C)c2ccccc2-c2ccc(-c3ccc4c(-c5ccc6c7cccc8cccc(c9cccc5c96)c87)c5ccccc5c(-c5ccc6c(c5)C(C)(C)c5ccccc5-6)c4c3)cc21. The fourth-order valence-electron chi connectivity index (χ4n) is 12.6. The van der Waals surface area contributed by atoms with Crippen LogP contribution in [-0.4, -0.2) is 0 Å². The predicted octanol–water partition coefficient (Wildman–Crippen LogP) is 17.7. The Labute approximate surface area is 373 Å². The van der Waals surface area contributed by atoms with Crippen molar-refractivity contribution in [3.63, 3.8) is 0 Å². The second-order valence-electron chi connectivity index (χ2n) is 19.5. The first-order valence-electron chi connectivity index (χ1n) is 22.8. The molecule has 0 spiro atoms. The van der Waals surface area contributed by atoms with E-state index in [-0.39, 0.29) is 10.8 Å². The normalized spacial score (nSPS) is 14.5. The van der Waals surface area contributed by atoms with E-state index in [0.29, 0.717) is 0 Å². The van der Waals surface area contributed by atoms with Crippen molar-refractivity contribution in [2.45, 2.75) is 38.5 Å². The fraction of sp³-hybridized carbons (Fsp3) is 0.0938. The van der Waals surface area contributed by atoms with Gasteiger partial charge < -0.3 is 0 Å². The smallest absolute Gasteiger partial charge is 0.0159 e. The molecule has 0 fully saturated rings. The van der Waals surface area contributed by atoms with Gasteiger partial charge in [0.1, 0.15) is 0 Å². The van der Waals surface area contributed by atoms with Gasteiger partial charge in [-0.1, -0.05) is 204 Å². The van der Waals surface area contributed by atoms with E-state index in [1.54, 1.807) is 0 Å². The van der Waals surface area contributed by atoms with Gasteiger partial charge in [0, 0.05) is 10.8 Å². The molecule has 0 aliphatic heterocycles. The highest BCUT2D eigenvalue weighted by Crippen LogP contribution is 2.54.